The molecule has 0 bridgehead atoms. The Morgan fingerprint density at radius 1 is 1.23 bits per heavy atom. The number of nitrogen functional groups attached to an aromatic ring is 1. The van der Waals surface area contributed by atoms with Crippen LogP contribution in [-0.4, -0.2) is 49.2 Å². The summed E-state index contributed by atoms with van der Waals surface area (Å²) in [7, 11) is 0. The molecule has 3 heterocycles. The minimum atomic E-state index is -4.39. The highest BCUT2D eigenvalue weighted by atomic mass is 19.4. The third-order valence-electron chi connectivity index (χ3n) is 7.36. The molecule has 2 aliphatic rings. The standard InChI is InChI=1S/C27H30F3N7O2/c1-25(2,3)39-24(38)35-9-8-26(16-35)10-20(11-26)37-23(32)21(12-31)22(34-37)18-13-33-36(15-18)14-17-4-6-19(7-5-17)27(28,29)30/h4-7,13,15,20H,8-11,14,16,32H2,1-3H3. The zero-order chi connectivity index (χ0) is 28.2. The molecule has 0 atom stereocenters. The highest BCUT2D eigenvalue weighted by Gasteiger charge is 2.51. The van der Waals surface area contributed by atoms with Gasteiger partial charge in [0.05, 0.1) is 24.3 Å². The number of amides is 1. The van der Waals surface area contributed by atoms with Gasteiger partial charge in [0.2, 0.25) is 0 Å². The zero-order valence-electron chi connectivity index (χ0n) is 22.0. The number of carbonyl (C=O) groups excluding carboxylic acids is 1. The molecule has 1 aliphatic heterocycles. The summed E-state index contributed by atoms with van der Waals surface area (Å²) in [6, 6.07) is 7.06. The molecule has 0 radical (unpaired) electrons. The summed E-state index contributed by atoms with van der Waals surface area (Å²) in [6.45, 7) is 7.06. The van der Waals surface area contributed by atoms with Crippen molar-refractivity contribution in [2.24, 2.45) is 5.41 Å². The number of halogens is 3. The monoisotopic (exact) mass is 541 g/mol. The number of rotatable bonds is 4. The lowest BCUT2D eigenvalue weighted by Crippen LogP contribution is -2.43. The molecule has 1 aromatic carbocycles. The zero-order valence-corrected chi connectivity index (χ0v) is 22.0. The highest BCUT2D eigenvalue weighted by molar-refractivity contribution is 5.72. The van der Waals surface area contributed by atoms with Gasteiger partial charge in [0.15, 0.2) is 0 Å². The van der Waals surface area contributed by atoms with Gasteiger partial charge in [-0.3, -0.25) is 4.68 Å². The minimum absolute atomic E-state index is 0.00614. The van der Waals surface area contributed by atoms with E-state index in [-0.39, 0.29) is 35.5 Å². The lowest BCUT2D eigenvalue weighted by molar-refractivity contribution is -0.137. The first kappa shape index (κ1) is 26.6. The highest BCUT2D eigenvalue weighted by Crippen LogP contribution is 2.55. The smallest absolute Gasteiger partial charge is 0.416 e. The first-order valence-electron chi connectivity index (χ1n) is 12.7. The molecule has 2 fully saturated rings. The van der Waals surface area contributed by atoms with Crippen LogP contribution in [0.3, 0.4) is 0 Å². The largest absolute Gasteiger partial charge is 0.444 e. The fourth-order valence-corrected chi connectivity index (χ4v) is 5.46. The van der Waals surface area contributed by atoms with Gasteiger partial charge in [0.25, 0.3) is 0 Å². The van der Waals surface area contributed by atoms with Crippen LogP contribution in [0.1, 0.15) is 62.8 Å². The molecule has 2 aromatic heterocycles. The molecule has 2 N–H and O–H groups in total. The quantitative estimate of drug-likeness (QED) is 0.484. The number of ether oxygens (including phenoxy) is 1. The summed E-state index contributed by atoms with van der Waals surface area (Å²) in [5.41, 5.74) is 6.99. The van der Waals surface area contributed by atoms with Crippen molar-refractivity contribution in [2.45, 2.75) is 64.4 Å². The summed E-state index contributed by atoms with van der Waals surface area (Å²) >= 11 is 0. The van der Waals surface area contributed by atoms with Gasteiger partial charge < -0.3 is 15.4 Å². The van der Waals surface area contributed by atoms with Crippen molar-refractivity contribution in [3.8, 4) is 17.3 Å². The van der Waals surface area contributed by atoms with Crippen LogP contribution in [0.4, 0.5) is 23.8 Å². The van der Waals surface area contributed by atoms with E-state index < -0.39 is 17.3 Å². The van der Waals surface area contributed by atoms with Crippen LogP contribution in [0.25, 0.3) is 11.3 Å². The van der Waals surface area contributed by atoms with Gasteiger partial charge in [-0.25, -0.2) is 9.48 Å². The number of likely N-dealkylation sites (tertiary alicyclic amines) is 1. The Labute approximate surface area is 223 Å². The number of alkyl halides is 3. The Morgan fingerprint density at radius 2 is 1.92 bits per heavy atom. The first-order chi connectivity index (χ1) is 18.3. The maximum Gasteiger partial charge on any atom is 0.416 e. The fraction of sp³-hybridized carbons (Fsp3) is 0.481. The number of nitrogens with two attached hydrogens (primary N) is 1. The summed E-state index contributed by atoms with van der Waals surface area (Å²) in [4.78, 5) is 14.2. The van der Waals surface area contributed by atoms with Crippen LogP contribution in [0, 0.1) is 16.7 Å². The normalized spacial score (nSPS) is 21.2. The number of anilines is 1. The van der Waals surface area contributed by atoms with Gasteiger partial charge in [-0.2, -0.15) is 28.6 Å². The summed E-state index contributed by atoms with van der Waals surface area (Å²) in [6.07, 6.45) is 1.02. The molecule has 206 valence electrons. The predicted octanol–water partition coefficient (Wildman–Crippen LogP) is 5.23. The van der Waals surface area contributed by atoms with Crippen LogP contribution in [0.2, 0.25) is 0 Å². The van der Waals surface area contributed by atoms with E-state index in [9.17, 15) is 23.2 Å². The Hall–Kier alpha value is -4.01. The fourth-order valence-electron chi connectivity index (χ4n) is 5.46. The van der Waals surface area contributed by atoms with Crippen molar-refractivity contribution in [1.29, 1.82) is 5.26 Å². The van der Waals surface area contributed by atoms with E-state index in [4.69, 9.17) is 10.5 Å². The van der Waals surface area contributed by atoms with Crippen LogP contribution in [0.5, 0.6) is 0 Å². The average Bonchev–Trinajstić information content (AvgIpc) is 3.54. The topological polar surface area (TPSA) is 115 Å². The van der Waals surface area contributed by atoms with E-state index in [0.29, 0.717) is 29.9 Å². The molecule has 1 aliphatic carbocycles. The Bertz CT molecular complexity index is 1420. The van der Waals surface area contributed by atoms with E-state index in [2.05, 4.69) is 16.3 Å². The lowest BCUT2D eigenvalue weighted by Gasteiger charge is -2.45. The second-order valence-electron chi connectivity index (χ2n) is 11.5. The molecular weight excluding hydrogens is 511 g/mol. The molecular formula is C27H30F3N7O2. The van der Waals surface area contributed by atoms with Gasteiger partial charge in [0, 0.05) is 24.8 Å². The molecule has 1 amide bonds. The maximum atomic E-state index is 12.8. The molecule has 9 nitrogen and oxygen atoms in total. The van der Waals surface area contributed by atoms with E-state index in [1.54, 1.807) is 26.7 Å². The number of nitrogens with zero attached hydrogens (tertiary/aromatic N) is 6. The van der Waals surface area contributed by atoms with Crippen LogP contribution in [0.15, 0.2) is 36.7 Å². The van der Waals surface area contributed by atoms with Gasteiger partial charge in [0.1, 0.15) is 28.7 Å². The summed E-state index contributed by atoms with van der Waals surface area (Å²) < 4.78 is 47.3. The second kappa shape index (κ2) is 9.32. The van der Waals surface area contributed by atoms with Crippen LogP contribution in [-0.2, 0) is 17.5 Å². The summed E-state index contributed by atoms with van der Waals surface area (Å²) in [5, 5.41) is 18.8. The number of aromatic nitrogens is 4. The van der Waals surface area contributed by atoms with Gasteiger partial charge in [-0.05, 0) is 63.1 Å². The molecule has 5 rings (SSSR count). The van der Waals surface area contributed by atoms with E-state index >= 15 is 0 Å². The van der Waals surface area contributed by atoms with Crippen molar-refractivity contribution in [3.63, 3.8) is 0 Å². The first-order valence-corrected chi connectivity index (χ1v) is 12.7. The van der Waals surface area contributed by atoms with Crippen LogP contribution >= 0.6 is 0 Å². The van der Waals surface area contributed by atoms with Crippen molar-refractivity contribution >= 4 is 11.9 Å². The number of nitriles is 1. The van der Waals surface area contributed by atoms with Crippen molar-refractivity contribution in [2.75, 3.05) is 18.8 Å². The van der Waals surface area contributed by atoms with Crippen LogP contribution < -0.4 is 5.73 Å². The maximum absolute atomic E-state index is 12.8. The molecule has 12 heteroatoms. The Balaban J connectivity index is 1.27. The number of hydrogen-bond acceptors (Lipinski definition) is 6. The van der Waals surface area contributed by atoms with E-state index in [1.807, 2.05) is 20.8 Å². The van der Waals surface area contributed by atoms with Crippen molar-refractivity contribution < 1.29 is 22.7 Å². The molecule has 39 heavy (non-hydrogen) atoms. The predicted molar refractivity (Wildman–Crippen MR) is 136 cm³/mol. The Morgan fingerprint density at radius 3 is 2.54 bits per heavy atom. The van der Waals surface area contributed by atoms with Gasteiger partial charge >= 0.3 is 12.3 Å². The summed E-state index contributed by atoms with van der Waals surface area (Å²) in [5.74, 6) is 0.282. The molecule has 1 saturated heterocycles. The van der Waals surface area contributed by atoms with E-state index in [0.717, 1.165) is 31.4 Å². The van der Waals surface area contributed by atoms with E-state index in [1.165, 1.54) is 12.1 Å². The number of benzene rings is 1. The molecule has 3 aromatic rings. The number of carbonyl (C=O) groups is 1. The molecule has 1 saturated carbocycles. The minimum Gasteiger partial charge on any atom is -0.444 e. The second-order valence-corrected chi connectivity index (χ2v) is 11.5. The SMILES string of the molecule is CC(C)(C)OC(=O)N1CCC2(CC(n3nc(-c4cnn(Cc5ccc(C(F)(F)F)cc5)c4)c(C#N)c3N)C2)C1. The van der Waals surface area contributed by atoms with Gasteiger partial charge in [-0.1, -0.05) is 12.1 Å². The lowest BCUT2D eigenvalue weighted by atomic mass is 9.65. The average molecular weight is 542 g/mol. The van der Waals surface area contributed by atoms with Crippen molar-refractivity contribution in [3.05, 3.63) is 53.3 Å². The molecule has 1 spiro atoms. The molecule has 0 unspecified atom stereocenters. The third-order valence-corrected chi connectivity index (χ3v) is 7.36. The number of hydrogen-bond donors (Lipinski definition) is 1. The third kappa shape index (κ3) is 5.30. The Kier molecular flexibility index (Phi) is 6.36. The van der Waals surface area contributed by atoms with Gasteiger partial charge in [-0.15, -0.1) is 0 Å². The van der Waals surface area contributed by atoms with Crippen molar-refractivity contribution in [1.82, 2.24) is 24.5 Å².